The van der Waals surface area contributed by atoms with Crippen molar-refractivity contribution in [3.63, 3.8) is 0 Å². The molecule has 1 fully saturated rings. The third-order valence-electron chi connectivity index (χ3n) is 5.46. The summed E-state index contributed by atoms with van der Waals surface area (Å²) in [6, 6.07) is 17.3. The highest BCUT2D eigenvalue weighted by Gasteiger charge is 2.30. The van der Waals surface area contributed by atoms with Crippen molar-refractivity contribution in [2.75, 3.05) is 0 Å². The maximum absolute atomic E-state index is 13.0. The Morgan fingerprint density at radius 3 is 2.53 bits per heavy atom. The third kappa shape index (κ3) is 4.16. The Labute approximate surface area is 188 Å². The zero-order valence-electron chi connectivity index (χ0n) is 17.3. The fourth-order valence-corrected chi connectivity index (χ4v) is 4.63. The minimum atomic E-state index is -0.585. The predicted octanol–water partition coefficient (Wildman–Crippen LogP) is 2.69. The first kappa shape index (κ1) is 20.4. The number of carbonyl (C=O) groups excluding carboxylic acids is 1. The quantitative estimate of drug-likeness (QED) is 0.417. The van der Waals surface area contributed by atoms with E-state index in [1.807, 2.05) is 24.3 Å². The average Bonchev–Trinajstić information content (AvgIpc) is 3.57. The Hall–Kier alpha value is -3.46. The number of nitrogens with two attached hydrogens (primary N) is 1. The van der Waals surface area contributed by atoms with Gasteiger partial charge in [-0.15, -0.1) is 10.2 Å². The third-order valence-corrected chi connectivity index (χ3v) is 6.42. The second-order valence-electron chi connectivity index (χ2n) is 7.88. The molecule has 2 heterocycles. The van der Waals surface area contributed by atoms with Gasteiger partial charge in [0.2, 0.25) is 5.91 Å². The fourth-order valence-electron chi connectivity index (χ4n) is 3.74. The van der Waals surface area contributed by atoms with Crippen molar-refractivity contribution in [2.24, 2.45) is 5.73 Å². The molecule has 162 valence electrons. The largest absolute Gasteiger partial charge is 0.368 e. The lowest BCUT2D eigenvalue weighted by Crippen LogP contribution is -2.31. The first-order valence-electron chi connectivity index (χ1n) is 10.5. The molecular weight excluding hydrogens is 424 g/mol. The lowest BCUT2D eigenvalue weighted by atomic mass is 10.2. The van der Waals surface area contributed by atoms with Crippen molar-refractivity contribution in [1.82, 2.24) is 24.3 Å². The van der Waals surface area contributed by atoms with Crippen LogP contribution in [-0.4, -0.2) is 30.2 Å². The van der Waals surface area contributed by atoms with Crippen LogP contribution in [0, 0.1) is 0 Å². The van der Waals surface area contributed by atoms with Crippen molar-refractivity contribution in [3.8, 4) is 0 Å². The molecule has 8 nitrogen and oxygen atoms in total. The van der Waals surface area contributed by atoms with Gasteiger partial charge in [-0.25, -0.2) is 4.98 Å². The van der Waals surface area contributed by atoms with Crippen LogP contribution in [0.1, 0.15) is 36.0 Å². The number of nitrogens with zero attached hydrogens (tertiary/aromatic N) is 5. The number of carbonyl (C=O) groups is 1. The number of benzene rings is 2. The summed E-state index contributed by atoms with van der Waals surface area (Å²) in [5.41, 5.74) is 6.91. The molecule has 1 aliphatic rings. The normalized spacial score (nSPS) is 13.5. The summed E-state index contributed by atoms with van der Waals surface area (Å²) in [6.07, 6.45) is 2.25. The molecule has 9 heteroatoms. The molecule has 0 aliphatic heterocycles. The minimum Gasteiger partial charge on any atom is -0.368 e. The summed E-state index contributed by atoms with van der Waals surface area (Å²) in [7, 11) is 0. The van der Waals surface area contributed by atoms with E-state index in [9.17, 15) is 9.59 Å². The molecule has 0 bridgehead atoms. The second kappa shape index (κ2) is 8.58. The van der Waals surface area contributed by atoms with Gasteiger partial charge >= 0.3 is 0 Å². The molecule has 0 atom stereocenters. The predicted molar refractivity (Wildman–Crippen MR) is 122 cm³/mol. The molecule has 0 spiro atoms. The number of amides is 1. The Balaban J connectivity index is 1.48. The standard InChI is InChI=1S/C23H22N6O2S/c24-19(30)13-28-20(25-18-9-5-4-8-17(18)22(28)31)14-32-23-27-26-21(16-10-11-16)29(23)12-15-6-2-1-3-7-15/h1-9,16H,10-14H2,(H2,24,30). The fraction of sp³-hybridized carbons (Fsp3) is 0.261. The second-order valence-corrected chi connectivity index (χ2v) is 8.82. The van der Waals surface area contributed by atoms with Crippen LogP contribution < -0.4 is 11.3 Å². The number of thioether (sulfide) groups is 1. The van der Waals surface area contributed by atoms with Crippen molar-refractivity contribution in [1.29, 1.82) is 0 Å². The highest BCUT2D eigenvalue weighted by Crippen LogP contribution is 2.40. The molecular formula is C23H22N6O2S. The molecule has 2 aromatic carbocycles. The molecule has 2 N–H and O–H groups in total. The van der Waals surface area contributed by atoms with Crippen LogP contribution in [-0.2, 0) is 23.6 Å². The zero-order chi connectivity index (χ0) is 22.1. The van der Waals surface area contributed by atoms with Crippen LogP contribution in [0.15, 0.2) is 64.5 Å². The van der Waals surface area contributed by atoms with E-state index in [0.29, 0.717) is 34.9 Å². The van der Waals surface area contributed by atoms with Crippen LogP contribution in [0.5, 0.6) is 0 Å². The maximum atomic E-state index is 13.0. The first-order valence-corrected chi connectivity index (χ1v) is 11.5. The van der Waals surface area contributed by atoms with E-state index in [2.05, 4.69) is 31.9 Å². The van der Waals surface area contributed by atoms with Crippen molar-refractivity contribution >= 4 is 28.6 Å². The smallest absolute Gasteiger partial charge is 0.261 e. The van der Waals surface area contributed by atoms with Gasteiger partial charge in [-0.05, 0) is 30.5 Å². The zero-order valence-corrected chi connectivity index (χ0v) is 18.2. The van der Waals surface area contributed by atoms with E-state index in [1.54, 1.807) is 18.2 Å². The molecule has 0 saturated heterocycles. The van der Waals surface area contributed by atoms with Gasteiger partial charge in [-0.1, -0.05) is 54.2 Å². The van der Waals surface area contributed by atoms with E-state index < -0.39 is 5.91 Å². The number of rotatable bonds is 8. The summed E-state index contributed by atoms with van der Waals surface area (Å²) in [4.78, 5) is 29.3. The molecule has 1 aliphatic carbocycles. The first-order chi connectivity index (χ1) is 15.6. The van der Waals surface area contributed by atoms with Gasteiger partial charge < -0.3 is 10.3 Å². The molecule has 4 aromatic rings. The molecule has 1 amide bonds. The Morgan fingerprint density at radius 1 is 1.03 bits per heavy atom. The van der Waals surface area contributed by atoms with Gasteiger partial charge in [0.05, 0.1) is 23.2 Å². The van der Waals surface area contributed by atoms with Gasteiger partial charge in [-0.2, -0.15) is 0 Å². The van der Waals surface area contributed by atoms with E-state index in [1.165, 1.54) is 21.9 Å². The molecule has 0 radical (unpaired) electrons. The van der Waals surface area contributed by atoms with Gasteiger partial charge in [0, 0.05) is 5.92 Å². The highest BCUT2D eigenvalue weighted by molar-refractivity contribution is 7.98. The summed E-state index contributed by atoms with van der Waals surface area (Å²) in [5, 5.41) is 10.1. The van der Waals surface area contributed by atoms with Gasteiger partial charge in [0.25, 0.3) is 5.56 Å². The van der Waals surface area contributed by atoms with E-state index in [-0.39, 0.29) is 12.1 Å². The number of para-hydroxylation sites is 1. The van der Waals surface area contributed by atoms with Crippen molar-refractivity contribution < 1.29 is 4.79 Å². The lowest BCUT2D eigenvalue weighted by molar-refractivity contribution is -0.118. The Morgan fingerprint density at radius 2 is 1.78 bits per heavy atom. The van der Waals surface area contributed by atoms with Crippen LogP contribution in [0.2, 0.25) is 0 Å². The van der Waals surface area contributed by atoms with Crippen LogP contribution in [0.3, 0.4) is 0 Å². The van der Waals surface area contributed by atoms with E-state index in [0.717, 1.165) is 23.8 Å². The number of hydrogen-bond acceptors (Lipinski definition) is 6. The lowest BCUT2D eigenvalue weighted by Gasteiger charge is -2.13. The van der Waals surface area contributed by atoms with Gasteiger partial charge in [-0.3, -0.25) is 14.2 Å². The van der Waals surface area contributed by atoms with Crippen molar-refractivity contribution in [2.45, 2.75) is 42.8 Å². The maximum Gasteiger partial charge on any atom is 0.261 e. The van der Waals surface area contributed by atoms with E-state index >= 15 is 0 Å². The van der Waals surface area contributed by atoms with Crippen LogP contribution in [0.25, 0.3) is 10.9 Å². The molecule has 5 rings (SSSR count). The molecule has 1 saturated carbocycles. The summed E-state index contributed by atoms with van der Waals surface area (Å²) in [6.45, 7) is 0.470. The summed E-state index contributed by atoms with van der Waals surface area (Å²) >= 11 is 1.46. The number of primary amides is 1. The minimum absolute atomic E-state index is 0.212. The number of aromatic nitrogens is 5. The summed E-state index contributed by atoms with van der Waals surface area (Å²) < 4.78 is 3.51. The highest BCUT2D eigenvalue weighted by atomic mass is 32.2. The van der Waals surface area contributed by atoms with E-state index in [4.69, 9.17) is 5.73 Å². The topological polar surface area (TPSA) is 109 Å². The van der Waals surface area contributed by atoms with Crippen LogP contribution in [0.4, 0.5) is 0 Å². The van der Waals surface area contributed by atoms with Gasteiger partial charge in [0.1, 0.15) is 18.2 Å². The molecule has 0 unspecified atom stereocenters. The Kier molecular flexibility index (Phi) is 5.48. The molecule has 32 heavy (non-hydrogen) atoms. The number of fused-ring (bicyclic) bond motifs is 1. The summed E-state index contributed by atoms with van der Waals surface area (Å²) in [5.74, 6) is 1.72. The SMILES string of the molecule is NC(=O)Cn1c(CSc2nnc(C3CC3)n2Cc2ccccc2)nc2ccccc2c1=O. The Bertz CT molecular complexity index is 1340. The van der Waals surface area contributed by atoms with Crippen molar-refractivity contribution in [3.05, 3.63) is 82.2 Å². The number of hydrogen-bond donors (Lipinski definition) is 1. The molecule has 2 aromatic heterocycles. The van der Waals surface area contributed by atoms with Gasteiger partial charge in [0.15, 0.2) is 5.16 Å². The van der Waals surface area contributed by atoms with Crippen LogP contribution >= 0.6 is 11.8 Å². The monoisotopic (exact) mass is 446 g/mol. The average molecular weight is 447 g/mol.